The summed E-state index contributed by atoms with van der Waals surface area (Å²) in [5.41, 5.74) is 0. The van der Waals surface area contributed by atoms with Crippen molar-refractivity contribution in [2.45, 2.75) is 0 Å². The summed E-state index contributed by atoms with van der Waals surface area (Å²) in [7, 11) is 0. The van der Waals surface area contributed by atoms with Gasteiger partial charge < -0.3 is 10.1 Å². The van der Waals surface area contributed by atoms with Gasteiger partial charge in [0.1, 0.15) is 0 Å². The van der Waals surface area contributed by atoms with Crippen LogP contribution in [0.1, 0.15) is 0 Å². The van der Waals surface area contributed by atoms with Crippen LogP contribution in [0.3, 0.4) is 0 Å². The van der Waals surface area contributed by atoms with Crippen molar-refractivity contribution in [3.05, 3.63) is 10.1 Å². The molecule has 0 unspecified atom stereocenters. The second-order valence-corrected chi connectivity index (χ2v) is 0.0745. The van der Waals surface area contributed by atoms with Gasteiger partial charge in [-0.2, -0.15) is 0 Å². The normalized spacial score (nSPS) is 2.40. The van der Waals surface area contributed by atoms with Gasteiger partial charge in [0.05, 0.1) is 0 Å². The van der Waals surface area contributed by atoms with Crippen LogP contribution in [0, 0.1) is 10.1 Å². The molecule has 21 valence electrons. The summed E-state index contributed by atoms with van der Waals surface area (Å²) in [6.45, 7) is 0. The maximum absolute atomic E-state index is 8.00. The minimum absolute atomic E-state index is 0. The van der Waals surface area contributed by atoms with Crippen LogP contribution in [0.25, 0.3) is 0 Å². The fourth-order valence-electron chi connectivity index (χ4n) is 0. The van der Waals surface area contributed by atoms with Crippen molar-refractivity contribution in [3.63, 3.8) is 0 Å². The smallest absolute Gasteiger partial charge is 0.444 e. The summed E-state index contributed by atoms with van der Waals surface area (Å²) in [4.78, 5) is 8.00. The van der Waals surface area contributed by atoms with Crippen molar-refractivity contribution < 1.29 is 29.6 Å². The Morgan fingerprint density at radius 3 is 1.60 bits per heavy atom. The molecule has 0 fully saturated rings. The monoisotopic (exact) mass is 80.0 g/mol. The molecule has 0 aliphatic rings. The van der Waals surface area contributed by atoms with E-state index in [9.17, 15) is 0 Å². The van der Waals surface area contributed by atoms with Crippen molar-refractivity contribution >= 4 is 8.41 Å². The largest absolute Gasteiger partial charge is 1.00 e. The summed E-state index contributed by atoms with van der Waals surface area (Å²) < 4.78 is 0. The topological polar surface area (TPSA) is 52.5 Å². The molecule has 0 N–H and O–H groups in total. The number of hydrogen-bond acceptors (Lipinski definition) is 3. The van der Waals surface area contributed by atoms with Crippen LogP contribution in [0.2, 0.25) is 0 Å². The predicted octanol–water partition coefficient (Wildman–Crippen LogP) is -3.13. The van der Waals surface area contributed by atoms with E-state index in [0.29, 0.717) is 0 Å². The van der Waals surface area contributed by atoms with Crippen molar-refractivity contribution in [1.82, 2.24) is 0 Å². The van der Waals surface area contributed by atoms with Crippen LogP contribution in [0.4, 0.5) is 0 Å². The molecule has 0 aliphatic carbocycles. The fraction of sp³-hybridized carbons (Fsp3) is 0. The van der Waals surface area contributed by atoms with Crippen LogP contribution in [0.5, 0.6) is 0 Å². The van der Waals surface area contributed by atoms with E-state index in [1.54, 1.807) is 0 Å². The van der Waals surface area contributed by atoms with Gasteiger partial charge in [-0.25, -0.2) is 0 Å². The summed E-state index contributed by atoms with van der Waals surface area (Å²) in [6, 6.07) is 0. The van der Waals surface area contributed by atoms with E-state index in [1.807, 2.05) is 0 Å². The standard InChI is InChI=1S/B.HNO2.Na/c;2-1-3;/h;(H,2,3);/q;;+1/p-1. The molecule has 0 saturated heterocycles. The minimum atomic E-state index is 0. The van der Waals surface area contributed by atoms with Gasteiger partial charge >= 0.3 is 29.6 Å². The van der Waals surface area contributed by atoms with E-state index in [-0.39, 0.29) is 38.0 Å². The van der Waals surface area contributed by atoms with Gasteiger partial charge in [0.15, 0.2) is 0 Å². The van der Waals surface area contributed by atoms with E-state index < -0.39 is 0 Å². The molecular formula is BNNaO2. The Labute approximate surface area is 53.6 Å². The van der Waals surface area contributed by atoms with E-state index in [4.69, 9.17) is 10.1 Å². The first-order valence-electron chi connectivity index (χ1n) is 0.365. The summed E-state index contributed by atoms with van der Waals surface area (Å²) in [6.07, 6.45) is 0. The Morgan fingerprint density at radius 2 is 1.60 bits per heavy atom. The van der Waals surface area contributed by atoms with Gasteiger partial charge in [0.2, 0.25) is 0 Å². The van der Waals surface area contributed by atoms with E-state index in [1.165, 1.54) is 0 Å². The maximum atomic E-state index is 8.00. The first kappa shape index (κ1) is 17.9. The van der Waals surface area contributed by atoms with Crippen molar-refractivity contribution in [3.8, 4) is 0 Å². The predicted molar refractivity (Wildman–Crippen MR) is 14.9 cm³/mol. The molecule has 5 heteroatoms. The van der Waals surface area contributed by atoms with E-state index >= 15 is 0 Å². The Morgan fingerprint density at radius 1 is 1.60 bits per heavy atom. The number of nitrogens with zero attached hydrogens (tertiary/aromatic N) is 1. The molecule has 0 spiro atoms. The Kier molecular flexibility index (Phi) is 89.6. The average Bonchev–Trinajstić information content (AvgIpc) is 0.918. The molecule has 0 aromatic carbocycles. The van der Waals surface area contributed by atoms with Crippen LogP contribution in [-0.2, 0) is 0 Å². The first-order chi connectivity index (χ1) is 1.41. The summed E-state index contributed by atoms with van der Waals surface area (Å²) in [5, 5.41) is 9.00. The molecular weight excluding hydrogens is 79.8 g/mol. The van der Waals surface area contributed by atoms with Gasteiger partial charge in [-0.15, -0.1) is 5.34 Å². The fourth-order valence-corrected chi connectivity index (χ4v) is 0. The second-order valence-electron chi connectivity index (χ2n) is 0.0745. The second kappa shape index (κ2) is 25.0. The molecule has 0 atom stereocenters. The molecule has 0 aromatic heterocycles. The van der Waals surface area contributed by atoms with Crippen LogP contribution in [-0.4, -0.2) is 8.41 Å². The van der Waals surface area contributed by atoms with Crippen LogP contribution >= 0.6 is 0 Å². The van der Waals surface area contributed by atoms with E-state index in [2.05, 4.69) is 0 Å². The first-order valence-corrected chi connectivity index (χ1v) is 0.365. The van der Waals surface area contributed by atoms with Gasteiger partial charge in [0, 0.05) is 8.41 Å². The van der Waals surface area contributed by atoms with Crippen LogP contribution < -0.4 is 29.6 Å². The molecule has 3 radical (unpaired) electrons. The molecule has 0 bridgehead atoms. The van der Waals surface area contributed by atoms with Crippen molar-refractivity contribution in [2.75, 3.05) is 0 Å². The maximum Gasteiger partial charge on any atom is 1.00 e. The van der Waals surface area contributed by atoms with Gasteiger partial charge in [0.25, 0.3) is 0 Å². The zero-order chi connectivity index (χ0) is 2.71. The molecule has 0 aliphatic heterocycles. The van der Waals surface area contributed by atoms with Gasteiger partial charge in [-0.05, 0) is 0 Å². The third-order valence-electron chi connectivity index (χ3n) is 0. The third kappa shape index (κ3) is 125. The molecule has 0 saturated carbocycles. The molecule has 5 heavy (non-hydrogen) atoms. The minimum Gasteiger partial charge on any atom is -0.444 e. The van der Waals surface area contributed by atoms with Crippen molar-refractivity contribution in [2.24, 2.45) is 5.34 Å². The number of rotatable bonds is 0. The SMILES string of the molecule is O=N[O-].[B].[Na+]. The van der Waals surface area contributed by atoms with Gasteiger partial charge in [-0.1, -0.05) is 0 Å². The Balaban J connectivity index is -0.0000000200. The summed E-state index contributed by atoms with van der Waals surface area (Å²) >= 11 is 0. The quantitative estimate of drug-likeness (QED) is 0.175. The zero-order valence-corrected chi connectivity index (χ0v) is 4.84. The molecule has 3 nitrogen and oxygen atoms in total. The average molecular weight is 79.8 g/mol. The molecule has 0 heterocycles. The number of hydrogen-bond donors (Lipinski definition) is 0. The van der Waals surface area contributed by atoms with Crippen molar-refractivity contribution in [1.29, 1.82) is 0 Å². The summed E-state index contributed by atoms with van der Waals surface area (Å²) in [5.74, 6) is 0. The zero-order valence-electron chi connectivity index (χ0n) is 2.84. The Bertz CT molecular complexity index is 17.1. The molecule has 0 rings (SSSR count). The van der Waals surface area contributed by atoms with Crippen LogP contribution in [0.15, 0.2) is 5.34 Å². The molecule has 0 amide bonds. The van der Waals surface area contributed by atoms with E-state index in [0.717, 1.165) is 5.34 Å². The Hall–Kier alpha value is 0.465. The molecule has 0 aromatic rings. The van der Waals surface area contributed by atoms with Gasteiger partial charge in [-0.3, -0.25) is 0 Å². The third-order valence-corrected chi connectivity index (χ3v) is 0.